The van der Waals surface area contributed by atoms with Gasteiger partial charge in [-0.05, 0) is 67.3 Å². The van der Waals surface area contributed by atoms with E-state index in [1.807, 2.05) is 41.8 Å². The summed E-state index contributed by atoms with van der Waals surface area (Å²) in [6, 6.07) is 9.52. The third-order valence-corrected chi connectivity index (χ3v) is 7.93. The number of esters is 1. The van der Waals surface area contributed by atoms with Gasteiger partial charge in [-0.2, -0.15) is 0 Å². The molecular weight excluding hydrogens is 468 g/mol. The highest BCUT2D eigenvalue weighted by Crippen LogP contribution is 2.36. The lowest BCUT2D eigenvalue weighted by atomic mass is 9.75. The van der Waals surface area contributed by atoms with Gasteiger partial charge in [-0.15, -0.1) is 10.2 Å². The first-order valence-electron chi connectivity index (χ1n) is 11.8. The van der Waals surface area contributed by atoms with Crippen molar-refractivity contribution in [3.05, 3.63) is 53.3 Å². The van der Waals surface area contributed by atoms with E-state index in [0.29, 0.717) is 33.8 Å². The summed E-state index contributed by atoms with van der Waals surface area (Å²) in [6.45, 7) is 8.63. The number of carbonyl (C=O) groups is 1. The average molecular weight is 499 g/mol. The quantitative estimate of drug-likeness (QED) is 0.278. The van der Waals surface area contributed by atoms with Crippen molar-refractivity contribution < 1.29 is 9.53 Å². The molecule has 1 aliphatic rings. The van der Waals surface area contributed by atoms with Gasteiger partial charge in [0.25, 0.3) is 0 Å². The van der Waals surface area contributed by atoms with E-state index in [4.69, 9.17) is 16.3 Å². The monoisotopic (exact) mass is 498 g/mol. The van der Waals surface area contributed by atoms with Crippen LogP contribution < -0.4 is 0 Å². The van der Waals surface area contributed by atoms with Crippen LogP contribution in [0.5, 0.6) is 0 Å². The molecule has 8 heteroatoms. The number of hydrogen-bond donors (Lipinski definition) is 0. The maximum atomic E-state index is 12.9. The highest BCUT2D eigenvalue weighted by Gasteiger charge is 2.33. The van der Waals surface area contributed by atoms with Gasteiger partial charge < -0.3 is 4.74 Å². The zero-order valence-corrected chi connectivity index (χ0v) is 21.6. The van der Waals surface area contributed by atoms with Crippen LogP contribution in [0.15, 0.2) is 47.9 Å². The summed E-state index contributed by atoms with van der Waals surface area (Å²) in [5.74, 6) is 2.12. The lowest BCUT2D eigenvalue weighted by Crippen LogP contribution is -2.36. The molecule has 0 radical (unpaired) electrons. The van der Waals surface area contributed by atoms with E-state index in [9.17, 15) is 4.79 Å². The summed E-state index contributed by atoms with van der Waals surface area (Å²) >= 11 is 7.76. The second-order valence-electron chi connectivity index (χ2n) is 9.40. The summed E-state index contributed by atoms with van der Waals surface area (Å²) in [5, 5.41) is 10.1. The van der Waals surface area contributed by atoms with E-state index in [0.717, 1.165) is 29.7 Å². The van der Waals surface area contributed by atoms with Crippen molar-refractivity contribution in [3.63, 3.8) is 0 Å². The van der Waals surface area contributed by atoms with E-state index >= 15 is 0 Å². The van der Waals surface area contributed by atoms with Crippen LogP contribution in [-0.2, 0) is 9.53 Å². The molecule has 6 nitrogen and oxygen atoms in total. The number of carbonyl (C=O) groups excluding carboxylic acids is 1. The first kappa shape index (κ1) is 24.7. The molecule has 1 aliphatic carbocycles. The molecule has 0 bridgehead atoms. The Balaban J connectivity index is 1.57. The fourth-order valence-corrected chi connectivity index (χ4v) is 5.58. The first-order valence-corrected chi connectivity index (χ1v) is 13.1. The van der Waals surface area contributed by atoms with Crippen molar-refractivity contribution in [1.29, 1.82) is 0 Å². The molecule has 2 heterocycles. The fourth-order valence-electron chi connectivity index (χ4n) is 4.68. The molecule has 0 saturated heterocycles. The Morgan fingerprint density at radius 1 is 1.21 bits per heavy atom. The Morgan fingerprint density at radius 3 is 2.71 bits per heavy atom. The third-order valence-electron chi connectivity index (χ3n) is 6.62. The van der Waals surface area contributed by atoms with E-state index in [2.05, 4.69) is 36.0 Å². The third kappa shape index (κ3) is 5.47. The summed E-state index contributed by atoms with van der Waals surface area (Å²) in [4.78, 5) is 17.0. The normalized spacial score (nSPS) is 20.5. The van der Waals surface area contributed by atoms with Gasteiger partial charge in [-0.25, -0.2) is 0 Å². The zero-order chi connectivity index (χ0) is 24.2. The van der Waals surface area contributed by atoms with Gasteiger partial charge in [-0.1, -0.05) is 56.6 Å². The molecule has 34 heavy (non-hydrogen) atoms. The summed E-state index contributed by atoms with van der Waals surface area (Å²) in [5.41, 5.74) is 2.67. The summed E-state index contributed by atoms with van der Waals surface area (Å²) in [6.07, 6.45) is 6.67. The Bertz CT molecular complexity index is 1140. The molecule has 1 fully saturated rings. The minimum absolute atomic E-state index is 0.0164. The largest absolute Gasteiger partial charge is 0.461 e. The molecule has 1 aromatic carbocycles. The maximum Gasteiger partial charge on any atom is 0.316 e. The molecule has 1 saturated carbocycles. The van der Waals surface area contributed by atoms with Crippen molar-refractivity contribution in [2.45, 2.75) is 58.2 Å². The average Bonchev–Trinajstić information content (AvgIpc) is 3.23. The van der Waals surface area contributed by atoms with Crippen LogP contribution in [-0.4, -0.2) is 37.6 Å². The lowest BCUT2D eigenvalue weighted by molar-refractivity contribution is -0.152. The van der Waals surface area contributed by atoms with Gasteiger partial charge in [-0.3, -0.25) is 14.3 Å². The fraction of sp³-hybridized carbons (Fsp3) is 0.462. The number of halogens is 1. The standard InChI is InChI=1S/C26H31ClN4O2S/c1-16(2)20-9-8-17(3)14-23(20)33-24(32)15-34-26-30-29-25(19-10-12-28-13-11-19)31(26)22-7-5-6-21(27)18(22)4/h5-7,10-13,16-17,20,23H,8-9,14-15H2,1-4H3. The summed E-state index contributed by atoms with van der Waals surface area (Å²) < 4.78 is 7.94. The van der Waals surface area contributed by atoms with Crippen molar-refractivity contribution in [1.82, 2.24) is 19.7 Å². The Hall–Kier alpha value is -2.38. The molecule has 3 unspecified atom stereocenters. The maximum absolute atomic E-state index is 12.9. The van der Waals surface area contributed by atoms with Gasteiger partial charge in [0.15, 0.2) is 11.0 Å². The number of nitrogens with zero attached hydrogens (tertiary/aromatic N) is 4. The SMILES string of the molecule is Cc1c(Cl)cccc1-n1c(SCC(=O)OC2CC(C)CCC2C(C)C)nnc1-c1ccncc1. The first-order chi connectivity index (χ1) is 16.3. The smallest absolute Gasteiger partial charge is 0.316 e. The molecule has 3 atom stereocenters. The second kappa shape index (κ2) is 10.9. The van der Waals surface area contributed by atoms with Gasteiger partial charge in [0.1, 0.15) is 6.10 Å². The predicted octanol–water partition coefficient (Wildman–Crippen LogP) is 6.39. The minimum Gasteiger partial charge on any atom is -0.461 e. The van der Waals surface area contributed by atoms with Crippen molar-refractivity contribution in [2.75, 3.05) is 5.75 Å². The number of ether oxygens (including phenoxy) is 1. The molecule has 3 aromatic rings. The number of benzene rings is 1. The van der Waals surface area contributed by atoms with E-state index in [1.165, 1.54) is 18.2 Å². The van der Waals surface area contributed by atoms with Crippen LogP contribution in [0, 0.1) is 24.7 Å². The van der Waals surface area contributed by atoms with Gasteiger partial charge in [0.05, 0.1) is 11.4 Å². The predicted molar refractivity (Wildman–Crippen MR) is 136 cm³/mol. The zero-order valence-electron chi connectivity index (χ0n) is 20.1. The van der Waals surface area contributed by atoms with Gasteiger partial charge >= 0.3 is 5.97 Å². The van der Waals surface area contributed by atoms with Crippen LogP contribution in [0.3, 0.4) is 0 Å². The second-order valence-corrected chi connectivity index (χ2v) is 10.8. The van der Waals surface area contributed by atoms with Crippen LogP contribution >= 0.6 is 23.4 Å². The Labute approximate surface area is 210 Å². The topological polar surface area (TPSA) is 69.9 Å². The highest BCUT2D eigenvalue weighted by molar-refractivity contribution is 7.99. The Kier molecular flexibility index (Phi) is 7.94. The van der Waals surface area contributed by atoms with Crippen molar-refractivity contribution in [2.24, 2.45) is 17.8 Å². The van der Waals surface area contributed by atoms with Crippen molar-refractivity contribution >= 4 is 29.3 Å². The molecule has 0 aliphatic heterocycles. The number of pyridine rings is 1. The number of hydrogen-bond acceptors (Lipinski definition) is 6. The molecule has 0 amide bonds. The number of aromatic nitrogens is 4. The highest BCUT2D eigenvalue weighted by atomic mass is 35.5. The molecular formula is C26H31ClN4O2S. The van der Waals surface area contributed by atoms with Crippen LogP contribution in [0.1, 0.15) is 45.6 Å². The number of thioether (sulfide) groups is 1. The van der Waals surface area contributed by atoms with Crippen LogP contribution in [0.25, 0.3) is 17.1 Å². The molecule has 0 N–H and O–H groups in total. The summed E-state index contributed by atoms with van der Waals surface area (Å²) in [7, 11) is 0. The van der Waals surface area contributed by atoms with Gasteiger partial charge in [0.2, 0.25) is 0 Å². The minimum atomic E-state index is -0.211. The van der Waals surface area contributed by atoms with Gasteiger partial charge in [0, 0.05) is 23.0 Å². The Morgan fingerprint density at radius 2 is 1.97 bits per heavy atom. The molecule has 180 valence electrons. The molecule has 4 rings (SSSR count). The van der Waals surface area contributed by atoms with E-state index in [1.54, 1.807) is 12.4 Å². The number of rotatable bonds is 7. The van der Waals surface area contributed by atoms with Crippen LogP contribution in [0.4, 0.5) is 0 Å². The van der Waals surface area contributed by atoms with E-state index < -0.39 is 0 Å². The van der Waals surface area contributed by atoms with Crippen molar-refractivity contribution in [3.8, 4) is 17.1 Å². The van der Waals surface area contributed by atoms with Crippen LogP contribution in [0.2, 0.25) is 5.02 Å². The molecule has 2 aromatic heterocycles. The van der Waals surface area contributed by atoms with E-state index in [-0.39, 0.29) is 17.8 Å². The lowest BCUT2D eigenvalue weighted by Gasteiger charge is -2.36. The molecule has 0 spiro atoms.